The summed E-state index contributed by atoms with van der Waals surface area (Å²) in [5.41, 5.74) is 1.74. The standard InChI is InChI=1S/C16H19IN2O2/c1-3-8-12-13(17)16(20)19-15(18-12)14(21-4-2)11-9-6-5-7-10-11/h5-7,9-10,14H,3-4,8H2,1-2H3,(H,18,19,20). The van der Waals surface area contributed by atoms with Crippen LogP contribution in [0, 0.1) is 3.57 Å². The summed E-state index contributed by atoms with van der Waals surface area (Å²) in [7, 11) is 0. The fraction of sp³-hybridized carbons (Fsp3) is 0.375. The first kappa shape index (κ1) is 16.2. The first-order valence-electron chi connectivity index (χ1n) is 7.12. The molecule has 1 atom stereocenters. The predicted molar refractivity (Wildman–Crippen MR) is 91.5 cm³/mol. The zero-order valence-corrected chi connectivity index (χ0v) is 14.4. The lowest BCUT2D eigenvalue weighted by Gasteiger charge is -2.17. The maximum atomic E-state index is 12.1. The second kappa shape index (κ2) is 7.70. The number of hydrogen-bond acceptors (Lipinski definition) is 3. The molecule has 0 aliphatic heterocycles. The molecule has 1 aromatic heterocycles. The van der Waals surface area contributed by atoms with E-state index in [2.05, 4.69) is 39.5 Å². The van der Waals surface area contributed by atoms with Crippen molar-refractivity contribution < 1.29 is 4.74 Å². The third kappa shape index (κ3) is 3.91. The second-order valence-corrected chi connectivity index (χ2v) is 5.79. The highest BCUT2D eigenvalue weighted by Crippen LogP contribution is 2.23. The van der Waals surface area contributed by atoms with Crippen LogP contribution in [0.25, 0.3) is 0 Å². The van der Waals surface area contributed by atoms with Crippen LogP contribution in [0.4, 0.5) is 0 Å². The van der Waals surface area contributed by atoms with E-state index in [-0.39, 0.29) is 11.7 Å². The van der Waals surface area contributed by atoms with Crippen LogP contribution in [0.3, 0.4) is 0 Å². The summed E-state index contributed by atoms with van der Waals surface area (Å²) in [5.74, 6) is 0.580. The van der Waals surface area contributed by atoms with Crippen molar-refractivity contribution in [1.29, 1.82) is 0 Å². The van der Waals surface area contributed by atoms with E-state index in [1.807, 2.05) is 37.3 Å². The van der Waals surface area contributed by atoms with Crippen molar-refractivity contribution >= 4 is 22.6 Å². The maximum Gasteiger partial charge on any atom is 0.264 e. The molecule has 4 nitrogen and oxygen atoms in total. The minimum absolute atomic E-state index is 0.0929. The molecule has 1 heterocycles. The van der Waals surface area contributed by atoms with Gasteiger partial charge in [-0.3, -0.25) is 4.79 Å². The lowest BCUT2D eigenvalue weighted by molar-refractivity contribution is 0.0847. The van der Waals surface area contributed by atoms with Gasteiger partial charge in [0.1, 0.15) is 11.9 Å². The van der Waals surface area contributed by atoms with Crippen molar-refractivity contribution in [3.63, 3.8) is 0 Å². The minimum Gasteiger partial charge on any atom is -0.366 e. The van der Waals surface area contributed by atoms with Crippen LogP contribution in [0.15, 0.2) is 35.1 Å². The Morgan fingerprint density at radius 2 is 2.00 bits per heavy atom. The molecule has 0 aliphatic carbocycles. The van der Waals surface area contributed by atoms with E-state index in [1.165, 1.54) is 0 Å². The van der Waals surface area contributed by atoms with Gasteiger partial charge in [-0.15, -0.1) is 0 Å². The van der Waals surface area contributed by atoms with E-state index < -0.39 is 0 Å². The Morgan fingerprint density at radius 1 is 1.29 bits per heavy atom. The van der Waals surface area contributed by atoms with E-state index in [0.29, 0.717) is 16.0 Å². The van der Waals surface area contributed by atoms with Gasteiger partial charge in [0.05, 0.1) is 9.26 Å². The summed E-state index contributed by atoms with van der Waals surface area (Å²) in [6.45, 7) is 4.57. The van der Waals surface area contributed by atoms with E-state index in [1.54, 1.807) is 0 Å². The maximum absolute atomic E-state index is 12.1. The highest BCUT2D eigenvalue weighted by atomic mass is 127. The number of aromatic nitrogens is 2. The zero-order valence-electron chi connectivity index (χ0n) is 12.2. The average Bonchev–Trinajstić information content (AvgIpc) is 2.50. The summed E-state index contributed by atoms with van der Waals surface area (Å²) < 4.78 is 6.48. The van der Waals surface area contributed by atoms with Crippen LogP contribution >= 0.6 is 22.6 Å². The lowest BCUT2D eigenvalue weighted by atomic mass is 10.1. The van der Waals surface area contributed by atoms with Gasteiger partial charge < -0.3 is 9.72 Å². The molecule has 1 unspecified atom stereocenters. The van der Waals surface area contributed by atoms with Gasteiger partial charge in [0.2, 0.25) is 0 Å². The van der Waals surface area contributed by atoms with E-state index in [4.69, 9.17) is 4.74 Å². The van der Waals surface area contributed by atoms with Crippen molar-refractivity contribution in [2.75, 3.05) is 6.61 Å². The van der Waals surface area contributed by atoms with Crippen LogP contribution in [0.2, 0.25) is 0 Å². The Kier molecular flexibility index (Phi) is 5.93. The van der Waals surface area contributed by atoms with Crippen LogP contribution in [0.5, 0.6) is 0 Å². The van der Waals surface area contributed by atoms with Crippen LogP contribution in [-0.2, 0) is 11.2 Å². The van der Waals surface area contributed by atoms with E-state index >= 15 is 0 Å². The quantitative estimate of drug-likeness (QED) is 0.759. The summed E-state index contributed by atoms with van der Waals surface area (Å²) in [4.78, 5) is 19.6. The number of nitrogens with zero attached hydrogens (tertiary/aromatic N) is 1. The monoisotopic (exact) mass is 398 g/mol. The highest BCUT2D eigenvalue weighted by Gasteiger charge is 2.19. The number of halogens is 1. The Bertz CT molecular complexity index is 640. The summed E-state index contributed by atoms with van der Waals surface area (Å²) in [6, 6.07) is 9.84. The number of benzene rings is 1. The summed E-state index contributed by atoms with van der Waals surface area (Å²) in [5, 5.41) is 0. The van der Waals surface area contributed by atoms with Gasteiger partial charge in [0.25, 0.3) is 5.56 Å². The van der Waals surface area contributed by atoms with Crippen LogP contribution in [0.1, 0.15) is 43.5 Å². The number of nitrogens with one attached hydrogen (secondary N) is 1. The van der Waals surface area contributed by atoms with Crippen LogP contribution < -0.4 is 5.56 Å². The predicted octanol–water partition coefficient (Wildman–Crippen LogP) is 3.45. The second-order valence-electron chi connectivity index (χ2n) is 4.71. The Morgan fingerprint density at radius 3 is 2.62 bits per heavy atom. The molecule has 0 saturated carbocycles. The van der Waals surface area contributed by atoms with Gasteiger partial charge in [0.15, 0.2) is 0 Å². The molecule has 0 radical (unpaired) electrons. The molecular formula is C16H19IN2O2. The SMILES string of the molecule is CCCc1nc(C(OCC)c2ccccc2)[nH]c(=O)c1I. The first-order chi connectivity index (χ1) is 10.2. The van der Waals surface area contributed by atoms with Crippen molar-refractivity contribution in [2.24, 2.45) is 0 Å². The highest BCUT2D eigenvalue weighted by molar-refractivity contribution is 14.1. The van der Waals surface area contributed by atoms with Gasteiger partial charge in [-0.05, 0) is 41.5 Å². The normalized spacial score (nSPS) is 12.3. The molecule has 5 heteroatoms. The molecular weight excluding hydrogens is 379 g/mol. The molecule has 112 valence electrons. The van der Waals surface area contributed by atoms with E-state index in [0.717, 1.165) is 24.1 Å². The number of aryl methyl sites for hydroxylation is 1. The molecule has 1 aromatic carbocycles. The van der Waals surface area contributed by atoms with E-state index in [9.17, 15) is 4.79 Å². The average molecular weight is 398 g/mol. The molecule has 0 amide bonds. The number of H-pyrrole nitrogens is 1. The fourth-order valence-electron chi connectivity index (χ4n) is 2.18. The Hall–Kier alpha value is -1.21. The first-order valence-corrected chi connectivity index (χ1v) is 8.20. The molecule has 0 fully saturated rings. The molecule has 0 aliphatic rings. The van der Waals surface area contributed by atoms with Crippen molar-refractivity contribution in [3.8, 4) is 0 Å². The topological polar surface area (TPSA) is 55.0 Å². The number of hydrogen-bond donors (Lipinski definition) is 1. The fourth-order valence-corrected chi connectivity index (χ4v) is 2.70. The number of aromatic amines is 1. The molecule has 2 aromatic rings. The van der Waals surface area contributed by atoms with Gasteiger partial charge in [-0.2, -0.15) is 0 Å². The summed E-state index contributed by atoms with van der Waals surface area (Å²) >= 11 is 2.06. The Balaban J connectivity index is 2.48. The van der Waals surface area contributed by atoms with Crippen molar-refractivity contribution in [1.82, 2.24) is 9.97 Å². The van der Waals surface area contributed by atoms with Crippen LogP contribution in [-0.4, -0.2) is 16.6 Å². The third-order valence-corrected chi connectivity index (χ3v) is 4.23. The molecule has 1 N–H and O–H groups in total. The molecule has 0 bridgehead atoms. The number of rotatable bonds is 6. The third-order valence-electron chi connectivity index (χ3n) is 3.12. The van der Waals surface area contributed by atoms with Gasteiger partial charge >= 0.3 is 0 Å². The molecule has 2 rings (SSSR count). The van der Waals surface area contributed by atoms with Gasteiger partial charge in [-0.1, -0.05) is 43.7 Å². The molecule has 0 spiro atoms. The summed E-state index contributed by atoms with van der Waals surface area (Å²) in [6.07, 6.45) is 1.41. The minimum atomic E-state index is -0.337. The Labute approximate surface area is 138 Å². The van der Waals surface area contributed by atoms with Gasteiger partial charge in [-0.25, -0.2) is 4.98 Å². The van der Waals surface area contributed by atoms with Gasteiger partial charge in [0, 0.05) is 6.61 Å². The molecule has 0 saturated heterocycles. The largest absolute Gasteiger partial charge is 0.366 e. The zero-order chi connectivity index (χ0) is 15.2. The number of ether oxygens (including phenoxy) is 1. The van der Waals surface area contributed by atoms with Crippen molar-refractivity contribution in [3.05, 3.63) is 61.3 Å². The van der Waals surface area contributed by atoms with Crippen molar-refractivity contribution in [2.45, 2.75) is 32.8 Å². The molecule has 21 heavy (non-hydrogen) atoms. The smallest absolute Gasteiger partial charge is 0.264 e. The lowest BCUT2D eigenvalue weighted by Crippen LogP contribution is -2.22.